The molecule has 5 aliphatic heterocycles. The Bertz CT molecular complexity index is 1800. The first kappa shape index (κ1) is 26.0. The number of nitrogens with one attached hydrogen (secondary N) is 1. The van der Waals surface area contributed by atoms with Crippen LogP contribution in [0.4, 0.5) is 0 Å². The maximum absolute atomic E-state index is 6.87. The molecule has 0 radical (unpaired) electrons. The van der Waals surface area contributed by atoms with Gasteiger partial charge in [0.05, 0.1) is 27.0 Å². The van der Waals surface area contributed by atoms with E-state index in [1.165, 1.54) is 11.1 Å². The molecule has 7 bridgehead atoms. The predicted molar refractivity (Wildman–Crippen MR) is 163 cm³/mol. The molecule has 8 heteroatoms. The number of benzene rings is 4. The van der Waals surface area contributed by atoms with E-state index in [0.29, 0.717) is 59.0 Å². The van der Waals surface area contributed by atoms with Gasteiger partial charge in [0.25, 0.3) is 0 Å². The van der Waals surface area contributed by atoms with Crippen molar-refractivity contribution in [3.05, 3.63) is 88.0 Å². The number of hydrogen-bond acceptors (Lipinski definition) is 8. The van der Waals surface area contributed by atoms with Gasteiger partial charge in [0.15, 0.2) is 34.5 Å². The van der Waals surface area contributed by atoms with Crippen molar-refractivity contribution in [2.75, 3.05) is 34.4 Å². The van der Waals surface area contributed by atoms with Gasteiger partial charge in [-0.05, 0) is 84.5 Å². The SMILES string of the molecule is COc1ccc2cc1Oc1ccc(cc1)C[C@@H]1NCCc3cc(OC)c4c(c31)Oc1c(cc3c(c1OC)C(=NCC3)C2)O4. The van der Waals surface area contributed by atoms with Gasteiger partial charge in [-0.25, -0.2) is 0 Å². The quantitative estimate of drug-likeness (QED) is 0.255. The van der Waals surface area contributed by atoms with Crippen molar-refractivity contribution in [2.45, 2.75) is 31.7 Å². The lowest BCUT2D eigenvalue weighted by Crippen LogP contribution is -2.32. The highest BCUT2D eigenvalue weighted by molar-refractivity contribution is 6.07. The van der Waals surface area contributed by atoms with Crippen molar-refractivity contribution in [3.63, 3.8) is 0 Å². The molecule has 0 aliphatic carbocycles. The third-order valence-corrected chi connectivity index (χ3v) is 8.75. The van der Waals surface area contributed by atoms with E-state index >= 15 is 0 Å². The average molecular weight is 577 g/mol. The van der Waals surface area contributed by atoms with E-state index in [9.17, 15) is 0 Å². The van der Waals surface area contributed by atoms with E-state index in [1.54, 1.807) is 21.3 Å². The molecular formula is C35H32N2O6. The number of aliphatic imine (C=N–C) groups is 1. The Balaban J connectivity index is 1.35. The van der Waals surface area contributed by atoms with E-state index in [2.05, 4.69) is 35.6 Å². The molecule has 0 fully saturated rings. The van der Waals surface area contributed by atoms with Crippen LogP contribution in [-0.4, -0.2) is 40.1 Å². The highest BCUT2D eigenvalue weighted by Crippen LogP contribution is 2.58. The molecular weight excluding hydrogens is 544 g/mol. The molecule has 9 rings (SSSR count). The molecule has 8 nitrogen and oxygen atoms in total. The van der Waals surface area contributed by atoms with Crippen molar-refractivity contribution in [3.8, 4) is 51.7 Å². The van der Waals surface area contributed by atoms with Gasteiger partial charge in [-0.2, -0.15) is 0 Å². The lowest BCUT2D eigenvalue weighted by Gasteiger charge is -2.34. The van der Waals surface area contributed by atoms with Gasteiger partial charge in [0, 0.05) is 30.1 Å². The molecule has 43 heavy (non-hydrogen) atoms. The fourth-order valence-corrected chi connectivity index (χ4v) is 6.73. The maximum atomic E-state index is 6.87. The van der Waals surface area contributed by atoms with E-state index < -0.39 is 0 Å². The van der Waals surface area contributed by atoms with E-state index in [1.807, 2.05) is 24.3 Å². The molecule has 5 aliphatic rings. The van der Waals surface area contributed by atoms with Gasteiger partial charge in [0.2, 0.25) is 11.5 Å². The number of hydrogen-bond donors (Lipinski definition) is 1. The number of nitrogens with zero attached hydrogens (tertiary/aromatic N) is 1. The third kappa shape index (κ3) is 4.28. The predicted octanol–water partition coefficient (Wildman–Crippen LogP) is 6.73. The topological polar surface area (TPSA) is 79.8 Å². The zero-order valence-electron chi connectivity index (χ0n) is 24.4. The molecule has 0 saturated carbocycles. The summed E-state index contributed by atoms with van der Waals surface area (Å²) in [4.78, 5) is 4.98. The maximum Gasteiger partial charge on any atom is 0.212 e. The van der Waals surface area contributed by atoms with Crippen LogP contribution >= 0.6 is 0 Å². The fraction of sp³-hybridized carbons (Fsp3) is 0.286. The van der Waals surface area contributed by atoms with Gasteiger partial charge in [-0.1, -0.05) is 18.2 Å². The monoisotopic (exact) mass is 576 g/mol. The minimum Gasteiger partial charge on any atom is -0.493 e. The molecule has 0 aromatic heterocycles. The number of fused-ring (bicyclic) bond motifs is 2. The van der Waals surface area contributed by atoms with Gasteiger partial charge < -0.3 is 33.7 Å². The zero-order chi connectivity index (χ0) is 29.1. The van der Waals surface area contributed by atoms with Crippen molar-refractivity contribution in [1.29, 1.82) is 0 Å². The molecule has 1 N–H and O–H groups in total. The molecule has 0 saturated heterocycles. The summed E-state index contributed by atoms with van der Waals surface area (Å²) in [5.41, 5.74) is 7.50. The van der Waals surface area contributed by atoms with Gasteiger partial charge in [-0.3, -0.25) is 4.99 Å². The van der Waals surface area contributed by atoms with Crippen molar-refractivity contribution in [2.24, 2.45) is 4.99 Å². The molecule has 0 unspecified atom stereocenters. The summed E-state index contributed by atoms with van der Waals surface area (Å²) in [5, 5.41) is 3.72. The normalized spacial score (nSPS) is 17.5. The van der Waals surface area contributed by atoms with Crippen LogP contribution in [0.15, 0.2) is 59.6 Å². The van der Waals surface area contributed by atoms with Crippen molar-refractivity contribution >= 4 is 5.71 Å². The number of rotatable bonds is 3. The second-order valence-electron chi connectivity index (χ2n) is 11.2. The summed E-state index contributed by atoms with van der Waals surface area (Å²) in [6.07, 6.45) is 2.99. The first-order valence-electron chi connectivity index (χ1n) is 14.7. The molecule has 5 heterocycles. The molecule has 4 aromatic carbocycles. The zero-order valence-corrected chi connectivity index (χ0v) is 24.4. The van der Waals surface area contributed by atoms with E-state index in [0.717, 1.165) is 59.5 Å². The van der Waals surface area contributed by atoms with Crippen LogP contribution in [0.2, 0.25) is 0 Å². The Hall–Kier alpha value is -4.69. The van der Waals surface area contributed by atoms with Crippen LogP contribution < -0.4 is 33.7 Å². The van der Waals surface area contributed by atoms with Crippen LogP contribution in [0.5, 0.6) is 51.7 Å². The first-order valence-corrected chi connectivity index (χ1v) is 14.7. The van der Waals surface area contributed by atoms with E-state index in [4.69, 9.17) is 33.4 Å². The second kappa shape index (κ2) is 10.2. The van der Waals surface area contributed by atoms with Crippen molar-refractivity contribution in [1.82, 2.24) is 5.32 Å². The summed E-state index contributed by atoms with van der Waals surface area (Å²) in [6.45, 7) is 1.53. The summed E-state index contributed by atoms with van der Waals surface area (Å²) in [6, 6.07) is 18.4. The standard InChI is InChI=1S/C35H32N2O6/c1-38-26-9-6-20-15-25-30-22(11-13-37-25)18-29-33(34(30)40-3)43-35-31-21(17-28(39-2)32(35)42-29)10-12-36-24(31)14-19-4-7-23(8-5-19)41-27(26)16-20/h4-9,16-18,24,36H,10-15H2,1-3H3/t24-/m0/s1. The Morgan fingerprint density at radius 1 is 0.744 bits per heavy atom. The fourth-order valence-electron chi connectivity index (χ4n) is 6.73. The van der Waals surface area contributed by atoms with Gasteiger partial charge in [-0.15, -0.1) is 0 Å². The summed E-state index contributed by atoms with van der Waals surface area (Å²) in [7, 11) is 5.01. The molecule has 4 aromatic rings. The van der Waals surface area contributed by atoms with E-state index in [-0.39, 0.29) is 6.04 Å². The summed E-state index contributed by atoms with van der Waals surface area (Å²) in [5.74, 6) is 5.83. The minimum atomic E-state index is 0.0109. The van der Waals surface area contributed by atoms with Crippen LogP contribution in [-0.2, 0) is 25.7 Å². The highest BCUT2D eigenvalue weighted by Gasteiger charge is 2.37. The van der Waals surface area contributed by atoms with Gasteiger partial charge >= 0.3 is 0 Å². The second-order valence-corrected chi connectivity index (χ2v) is 11.2. The van der Waals surface area contributed by atoms with Crippen LogP contribution in [0.3, 0.4) is 0 Å². The first-order chi connectivity index (χ1) is 21.1. The smallest absolute Gasteiger partial charge is 0.212 e. The number of methoxy groups -OCH3 is 3. The summed E-state index contributed by atoms with van der Waals surface area (Å²) >= 11 is 0. The highest BCUT2D eigenvalue weighted by atomic mass is 16.6. The Kier molecular flexibility index (Phi) is 6.19. The molecule has 0 amide bonds. The Labute approximate surface area is 250 Å². The van der Waals surface area contributed by atoms with Crippen LogP contribution in [0.25, 0.3) is 0 Å². The molecule has 218 valence electrons. The van der Waals surface area contributed by atoms with Gasteiger partial charge in [0.1, 0.15) is 5.75 Å². The molecule has 1 atom stereocenters. The minimum absolute atomic E-state index is 0.0109. The largest absolute Gasteiger partial charge is 0.493 e. The Morgan fingerprint density at radius 2 is 1.58 bits per heavy atom. The average Bonchev–Trinajstić information content (AvgIpc) is 3.03. The van der Waals surface area contributed by atoms with Crippen molar-refractivity contribution < 1.29 is 28.4 Å². The van der Waals surface area contributed by atoms with Crippen LogP contribution in [0, 0.1) is 0 Å². The van der Waals surface area contributed by atoms with Crippen LogP contribution in [0.1, 0.15) is 39.4 Å². The number of ether oxygens (including phenoxy) is 6. The summed E-state index contributed by atoms with van der Waals surface area (Å²) < 4.78 is 37.5. The Morgan fingerprint density at radius 3 is 2.40 bits per heavy atom. The lowest BCUT2D eigenvalue weighted by atomic mass is 9.88. The lowest BCUT2D eigenvalue weighted by molar-refractivity contribution is 0.303. The molecule has 0 spiro atoms. The third-order valence-electron chi connectivity index (χ3n) is 8.75.